The lowest BCUT2D eigenvalue weighted by atomic mass is 9.76. The molecule has 1 N–H and O–H groups in total. The van der Waals surface area contributed by atoms with Crippen molar-refractivity contribution in [2.45, 2.75) is 26.2 Å². The predicted molar refractivity (Wildman–Crippen MR) is 58.8 cm³/mol. The molecule has 0 aromatic carbocycles. The highest BCUT2D eigenvalue weighted by atomic mass is 32.1. The van der Waals surface area contributed by atoms with E-state index >= 15 is 0 Å². The molecule has 0 aliphatic carbocycles. The highest BCUT2D eigenvalue weighted by molar-refractivity contribution is 7.03. The Kier molecular flexibility index (Phi) is 3.11. The van der Waals surface area contributed by atoms with E-state index in [2.05, 4.69) is 21.8 Å². The Morgan fingerprint density at radius 1 is 1.60 bits per heavy atom. The van der Waals surface area contributed by atoms with Gasteiger partial charge in [-0.05, 0) is 37.5 Å². The highest BCUT2D eigenvalue weighted by Gasteiger charge is 2.34. The van der Waals surface area contributed by atoms with Gasteiger partial charge in [-0.2, -0.15) is 0 Å². The Morgan fingerprint density at radius 3 is 2.93 bits per heavy atom. The molecule has 0 atom stereocenters. The Labute approximate surface area is 93.2 Å². The van der Waals surface area contributed by atoms with Crippen LogP contribution in [0, 0.1) is 5.41 Å². The third-order valence-electron chi connectivity index (χ3n) is 3.13. The van der Waals surface area contributed by atoms with Crippen LogP contribution in [-0.2, 0) is 11.2 Å². The maximum atomic E-state index is 12.1. The molecule has 0 radical (unpaired) electrons. The number of hydrogen-bond acceptors (Lipinski definition) is 5. The second-order valence-corrected chi connectivity index (χ2v) is 4.92. The van der Waals surface area contributed by atoms with E-state index in [-0.39, 0.29) is 5.41 Å². The Morgan fingerprint density at radius 2 is 2.33 bits per heavy atom. The fraction of sp³-hybridized carbons (Fsp3) is 0.700. The van der Waals surface area contributed by atoms with Crippen molar-refractivity contribution < 1.29 is 4.79 Å². The van der Waals surface area contributed by atoms with Crippen LogP contribution in [0.25, 0.3) is 0 Å². The van der Waals surface area contributed by atoms with E-state index in [1.807, 2.05) is 5.38 Å². The quantitative estimate of drug-likeness (QED) is 0.835. The number of carbonyl (C=O) groups excluding carboxylic acids is 1. The minimum Gasteiger partial charge on any atom is -0.317 e. The van der Waals surface area contributed by atoms with E-state index in [0.29, 0.717) is 12.2 Å². The smallest absolute Gasteiger partial charge is 0.144 e. The Balaban J connectivity index is 2.00. The molecule has 15 heavy (non-hydrogen) atoms. The molecule has 1 aliphatic rings. The number of piperidine rings is 1. The van der Waals surface area contributed by atoms with Gasteiger partial charge in [0.2, 0.25) is 0 Å². The van der Waals surface area contributed by atoms with Crippen molar-refractivity contribution in [1.29, 1.82) is 0 Å². The summed E-state index contributed by atoms with van der Waals surface area (Å²) in [6.45, 7) is 3.95. The fourth-order valence-electron chi connectivity index (χ4n) is 1.90. The number of hydrogen-bond donors (Lipinski definition) is 1. The SMILES string of the molecule is CC1(C(=O)Cc2csnn2)CCNCC1. The fourth-order valence-corrected chi connectivity index (χ4v) is 2.35. The number of nitrogens with one attached hydrogen (secondary N) is 1. The second-order valence-electron chi connectivity index (χ2n) is 4.31. The van der Waals surface area contributed by atoms with Gasteiger partial charge < -0.3 is 5.32 Å². The topological polar surface area (TPSA) is 54.9 Å². The third-order valence-corrected chi connectivity index (χ3v) is 3.68. The molecule has 2 heterocycles. The Hall–Kier alpha value is -0.810. The summed E-state index contributed by atoms with van der Waals surface area (Å²) in [5, 5.41) is 9.04. The van der Waals surface area contributed by atoms with E-state index in [1.54, 1.807) is 0 Å². The van der Waals surface area contributed by atoms with E-state index in [0.717, 1.165) is 31.6 Å². The highest BCUT2D eigenvalue weighted by Crippen LogP contribution is 2.30. The summed E-state index contributed by atoms with van der Waals surface area (Å²) in [7, 11) is 0. The number of rotatable bonds is 3. The van der Waals surface area contributed by atoms with Crippen molar-refractivity contribution in [2.24, 2.45) is 5.41 Å². The lowest BCUT2D eigenvalue weighted by Crippen LogP contribution is -2.40. The van der Waals surface area contributed by atoms with Crippen LogP contribution in [0.4, 0.5) is 0 Å². The molecule has 0 unspecified atom stereocenters. The molecule has 0 spiro atoms. The van der Waals surface area contributed by atoms with Gasteiger partial charge in [0.05, 0.1) is 12.1 Å². The predicted octanol–water partition coefficient (Wildman–Crippen LogP) is 1.04. The third kappa shape index (κ3) is 2.41. The van der Waals surface area contributed by atoms with Crippen LogP contribution in [0.15, 0.2) is 5.38 Å². The summed E-state index contributed by atoms with van der Waals surface area (Å²) in [6.07, 6.45) is 2.31. The van der Waals surface area contributed by atoms with E-state index in [1.165, 1.54) is 11.5 Å². The first-order valence-corrected chi connectivity index (χ1v) is 6.04. The van der Waals surface area contributed by atoms with E-state index in [4.69, 9.17) is 0 Å². The largest absolute Gasteiger partial charge is 0.317 e. The first-order valence-electron chi connectivity index (χ1n) is 5.21. The minimum atomic E-state index is -0.158. The molecular formula is C10H15N3OS. The lowest BCUT2D eigenvalue weighted by molar-refractivity contribution is -0.128. The average Bonchev–Trinajstić information content (AvgIpc) is 2.71. The van der Waals surface area contributed by atoms with Crippen LogP contribution in [0.2, 0.25) is 0 Å². The molecule has 1 aromatic heterocycles. The van der Waals surface area contributed by atoms with Crippen molar-refractivity contribution in [2.75, 3.05) is 13.1 Å². The molecule has 1 saturated heterocycles. The molecule has 2 rings (SSSR count). The molecule has 0 bridgehead atoms. The molecule has 0 amide bonds. The molecular weight excluding hydrogens is 210 g/mol. The van der Waals surface area contributed by atoms with Crippen LogP contribution in [0.1, 0.15) is 25.5 Å². The van der Waals surface area contributed by atoms with E-state index < -0.39 is 0 Å². The molecule has 82 valence electrons. The maximum absolute atomic E-state index is 12.1. The zero-order chi connectivity index (χ0) is 10.7. The van der Waals surface area contributed by atoms with Crippen molar-refractivity contribution in [3.8, 4) is 0 Å². The van der Waals surface area contributed by atoms with Crippen LogP contribution >= 0.6 is 11.5 Å². The molecule has 1 aromatic rings. The van der Waals surface area contributed by atoms with Crippen LogP contribution < -0.4 is 5.32 Å². The number of carbonyl (C=O) groups is 1. The van der Waals surface area contributed by atoms with Gasteiger partial charge in [0.25, 0.3) is 0 Å². The molecule has 4 nitrogen and oxygen atoms in total. The van der Waals surface area contributed by atoms with Crippen molar-refractivity contribution in [3.63, 3.8) is 0 Å². The summed E-state index contributed by atoms with van der Waals surface area (Å²) in [5.41, 5.74) is 0.652. The van der Waals surface area contributed by atoms with Gasteiger partial charge in [-0.3, -0.25) is 4.79 Å². The van der Waals surface area contributed by atoms with Crippen molar-refractivity contribution >= 4 is 17.3 Å². The van der Waals surface area contributed by atoms with Gasteiger partial charge >= 0.3 is 0 Å². The van der Waals surface area contributed by atoms with Crippen molar-refractivity contribution in [3.05, 3.63) is 11.1 Å². The van der Waals surface area contributed by atoms with Crippen molar-refractivity contribution in [1.82, 2.24) is 14.9 Å². The number of Topliss-reactive ketones (excluding diaryl/α,β-unsaturated/α-hetero) is 1. The molecule has 5 heteroatoms. The van der Waals surface area contributed by atoms with Gasteiger partial charge in [-0.25, -0.2) is 0 Å². The number of ketones is 1. The zero-order valence-electron chi connectivity index (χ0n) is 8.82. The maximum Gasteiger partial charge on any atom is 0.144 e. The minimum absolute atomic E-state index is 0.158. The van der Waals surface area contributed by atoms with Gasteiger partial charge in [-0.15, -0.1) is 5.10 Å². The average molecular weight is 225 g/mol. The van der Waals surface area contributed by atoms with Crippen LogP contribution in [0.5, 0.6) is 0 Å². The second kappa shape index (κ2) is 4.37. The molecule has 1 aliphatic heterocycles. The number of nitrogens with zero attached hydrogens (tertiary/aromatic N) is 2. The first-order chi connectivity index (χ1) is 7.21. The summed E-state index contributed by atoms with van der Waals surface area (Å²) in [6, 6.07) is 0. The summed E-state index contributed by atoms with van der Waals surface area (Å²) < 4.78 is 3.77. The lowest BCUT2D eigenvalue weighted by Gasteiger charge is -2.32. The van der Waals surface area contributed by atoms with Gasteiger partial charge in [0.15, 0.2) is 0 Å². The molecule has 1 fully saturated rings. The monoisotopic (exact) mass is 225 g/mol. The summed E-state index contributed by atoms with van der Waals surface area (Å²) >= 11 is 1.30. The van der Waals surface area contributed by atoms with E-state index in [9.17, 15) is 4.79 Å². The standard InChI is InChI=1S/C10H15N3OS/c1-10(2-4-11-5-3-10)9(14)6-8-7-15-13-12-8/h7,11H,2-6H2,1H3. The Bertz CT molecular complexity index is 330. The van der Waals surface area contributed by atoms with Gasteiger partial charge in [0, 0.05) is 10.8 Å². The first kappa shape index (κ1) is 10.7. The summed E-state index contributed by atoms with van der Waals surface area (Å²) in [5.74, 6) is 0.303. The normalized spacial score (nSPS) is 20.1. The van der Waals surface area contributed by atoms with Gasteiger partial charge in [-0.1, -0.05) is 11.4 Å². The number of aromatic nitrogens is 2. The van der Waals surface area contributed by atoms with Crippen LogP contribution in [-0.4, -0.2) is 28.5 Å². The zero-order valence-corrected chi connectivity index (χ0v) is 9.64. The molecule has 0 saturated carbocycles. The van der Waals surface area contributed by atoms with Gasteiger partial charge in [0.1, 0.15) is 5.78 Å². The van der Waals surface area contributed by atoms with Crippen LogP contribution in [0.3, 0.4) is 0 Å². The summed E-state index contributed by atoms with van der Waals surface area (Å²) in [4.78, 5) is 12.1.